The molecule has 0 bridgehead atoms. The maximum Gasteiger partial charge on any atom is 0.326 e. The minimum atomic E-state index is -0.953. The molecule has 0 spiro atoms. The van der Waals surface area contributed by atoms with Gasteiger partial charge in [0, 0.05) is 6.42 Å². The van der Waals surface area contributed by atoms with Crippen LogP contribution in [0.25, 0.3) is 0 Å². The molecule has 0 aromatic heterocycles. The molecule has 0 aliphatic rings. The average Bonchev–Trinajstić information content (AvgIpc) is 2.34. The summed E-state index contributed by atoms with van der Waals surface area (Å²) >= 11 is 0. The van der Waals surface area contributed by atoms with Crippen LogP contribution in [0, 0.1) is 0 Å². The highest BCUT2D eigenvalue weighted by Gasteiger charge is 2.16. The van der Waals surface area contributed by atoms with Crippen molar-refractivity contribution in [2.45, 2.75) is 77.7 Å². The molecule has 1 atom stereocenters. The van der Waals surface area contributed by atoms with E-state index in [0.717, 1.165) is 12.8 Å². The molecule has 4 nitrogen and oxygen atoms in total. The van der Waals surface area contributed by atoms with Gasteiger partial charge in [-0.1, -0.05) is 52.4 Å². The summed E-state index contributed by atoms with van der Waals surface area (Å²) in [7, 11) is 0. The molecule has 0 saturated carbocycles. The summed E-state index contributed by atoms with van der Waals surface area (Å²) in [4.78, 5) is 22.2. The van der Waals surface area contributed by atoms with E-state index in [0.29, 0.717) is 12.8 Å². The maximum atomic E-state index is 11.5. The van der Waals surface area contributed by atoms with E-state index < -0.39 is 12.0 Å². The molecule has 4 heteroatoms. The van der Waals surface area contributed by atoms with Gasteiger partial charge in [0.15, 0.2) is 0 Å². The summed E-state index contributed by atoms with van der Waals surface area (Å²) in [6.45, 7) is 3.95. The lowest BCUT2D eigenvalue weighted by molar-refractivity contribution is -0.141. The quantitative estimate of drug-likeness (QED) is 0.559. The summed E-state index contributed by atoms with van der Waals surface area (Å²) < 4.78 is 0. The van der Waals surface area contributed by atoms with E-state index in [1.54, 1.807) is 6.92 Å². The Bertz CT molecular complexity index is 241. The second kappa shape index (κ2) is 11.1. The Morgan fingerprint density at radius 2 is 1.56 bits per heavy atom. The van der Waals surface area contributed by atoms with Gasteiger partial charge in [-0.25, -0.2) is 4.79 Å². The fourth-order valence-corrected chi connectivity index (χ4v) is 1.85. The van der Waals surface area contributed by atoms with Crippen molar-refractivity contribution in [3.8, 4) is 0 Å². The van der Waals surface area contributed by atoms with Crippen LogP contribution in [0.3, 0.4) is 0 Å². The molecule has 0 aliphatic heterocycles. The van der Waals surface area contributed by atoms with Gasteiger partial charge in [0.2, 0.25) is 5.91 Å². The monoisotopic (exact) mass is 257 g/mol. The van der Waals surface area contributed by atoms with Crippen LogP contribution in [0.2, 0.25) is 0 Å². The smallest absolute Gasteiger partial charge is 0.326 e. The van der Waals surface area contributed by atoms with Gasteiger partial charge < -0.3 is 10.4 Å². The van der Waals surface area contributed by atoms with Crippen LogP contribution in [0.5, 0.6) is 0 Å². The number of aliphatic carboxylic acids is 1. The number of hydrogen-bond donors (Lipinski definition) is 2. The van der Waals surface area contributed by atoms with Gasteiger partial charge in [-0.2, -0.15) is 0 Å². The van der Waals surface area contributed by atoms with Gasteiger partial charge in [-0.05, 0) is 12.8 Å². The van der Waals surface area contributed by atoms with Crippen LogP contribution in [0.15, 0.2) is 0 Å². The zero-order chi connectivity index (χ0) is 13.8. The first kappa shape index (κ1) is 16.9. The molecule has 1 amide bonds. The number of rotatable bonds is 11. The van der Waals surface area contributed by atoms with Gasteiger partial charge in [-0.3, -0.25) is 4.79 Å². The zero-order valence-corrected chi connectivity index (χ0v) is 11.7. The number of nitrogens with one attached hydrogen (secondary N) is 1. The lowest BCUT2D eigenvalue weighted by Crippen LogP contribution is -2.40. The Morgan fingerprint density at radius 1 is 1.00 bits per heavy atom. The summed E-state index contributed by atoms with van der Waals surface area (Å²) in [5.41, 5.74) is 0. The van der Waals surface area contributed by atoms with Crippen LogP contribution >= 0.6 is 0 Å². The topological polar surface area (TPSA) is 66.4 Å². The van der Waals surface area contributed by atoms with E-state index >= 15 is 0 Å². The van der Waals surface area contributed by atoms with Crippen molar-refractivity contribution < 1.29 is 14.7 Å². The molecule has 0 aromatic carbocycles. The number of carboxylic acids is 1. The van der Waals surface area contributed by atoms with Crippen molar-refractivity contribution in [2.24, 2.45) is 0 Å². The Balaban J connectivity index is 3.50. The van der Waals surface area contributed by atoms with Crippen molar-refractivity contribution >= 4 is 11.9 Å². The SMILES string of the molecule is CCCCCCCCCC(=O)N[C@@H](CC)C(=O)O. The van der Waals surface area contributed by atoms with Crippen molar-refractivity contribution in [1.29, 1.82) is 0 Å². The molecule has 0 unspecified atom stereocenters. The minimum absolute atomic E-state index is 0.141. The number of carbonyl (C=O) groups is 2. The number of unbranched alkanes of at least 4 members (excludes halogenated alkanes) is 6. The summed E-state index contributed by atoms with van der Waals surface area (Å²) in [6.07, 6.45) is 9.00. The van der Waals surface area contributed by atoms with E-state index in [1.165, 1.54) is 32.1 Å². The Morgan fingerprint density at radius 3 is 2.06 bits per heavy atom. The van der Waals surface area contributed by atoms with Gasteiger partial charge >= 0.3 is 5.97 Å². The number of hydrogen-bond acceptors (Lipinski definition) is 2. The fraction of sp³-hybridized carbons (Fsp3) is 0.857. The molecule has 0 saturated heterocycles. The van der Waals surface area contributed by atoms with E-state index in [9.17, 15) is 9.59 Å². The first-order valence-corrected chi connectivity index (χ1v) is 7.14. The minimum Gasteiger partial charge on any atom is -0.480 e. The van der Waals surface area contributed by atoms with Crippen LogP contribution in [-0.2, 0) is 9.59 Å². The highest BCUT2D eigenvalue weighted by Crippen LogP contribution is 2.08. The third-order valence-electron chi connectivity index (χ3n) is 3.05. The molecule has 0 fully saturated rings. The second-order valence-corrected chi connectivity index (χ2v) is 4.74. The summed E-state index contributed by atoms with van der Waals surface area (Å²) in [6, 6.07) is -0.734. The van der Waals surface area contributed by atoms with Crippen molar-refractivity contribution in [3.63, 3.8) is 0 Å². The normalized spacial score (nSPS) is 12.1. The largest absolute Gasteiger partial charge is 0.480 e. The Labute approximate surface area is 110 Å². The highest BCUT2D eigenvalue weighted by molar-refractivity contribution is 5.83. The van der Waals surface area contributed by atoms with E-state index in [-0.39, 0.29) is 5.91 Å². The predicted octanol–water partition coefficient (Wildman–Crippen LogP) is 3.11. The van der Waals surface area contributed by atoms with Gasteiger partial charge in [0.05, 0.1) is 0 Å². The molecule has 0 aliphatic carbocycles. The van der Waals surface area contributed by atoms with Crippen molar-refractivity contribution in [1.82, 2.24) is 5.32 Å². The lowest BCUT2D eigenvalue weighted by Gasteiger charge is -2.11. The molecule has 106 valence electrons. The Kier molecular flexibility index (Phi) is 10.4. The zero-order valence-electron chi connectivity index (χ0n) is 11.7. The summed E-state index contributed by atoms with van der Waals surface area (Å²) in [5, 5.41) is 11.3. The van der Waals surface area contributed by atoms with Gasteiger partial charge in [0.25, 0.3) is 0 Å². The molecule has 0 radical (unpaired) electrons. The average molecular weight is 257 g/mol. The van der Waals surface area contributed by atoms with E-state index in [1.807, 2.05) is 0 Å². The van der Waals surface area contributed by atoms with Gasteiger partial charge in [0.1, 0.15) is 6.04 Å². The highest BCUT2D eigenvalue weighted by atomic mass is 16.4. The van der Waals surface area contributed by atoms with Crippen molar-refractivity contribution in [2.75, 3.05) is 0 Å². The summed E-state index contributed by atoms with van der Waals surface area (Å²) in [5.74, 6) is -1.09. The first-order chi connectivity index (χ1) is 8.61. The van der Waals surface area contributed by atoms with E-state index in [2.05, 4.69) is 12.2 Å². The lowest BCUT2D eigenvalue weighted by atomic mass is 10.1. The molecule has 2 N–H and O–H groups in total. The third kappa shape index (κ3) is 9.02. The molecule has 0 aromatic rings. The number of carboxylic acid groups (broad SMARTS) is 1. The third-order valence-corrected chi connectivity index (χ3v) is 3.05. The standard InChI is InChI=1S/C14H27NO3/c1-3-5-6-7-8-9-10-11-13(16)15-12(4-2)14(17)18/h12H,3-11H2,1-2H3,(H,15,16)(H,17,18)/t12-/m0/s1. The molecule has 0 heterocycles. The second-order valence-electron chi connectivity index (χ2n) is 4.74. The first-order valence-electron chi connectivity index (χ1n) is 7.14. The molecule has 18 heavy (non-hydrogen) atoms. The van der Waals surface area contributed by atoms with E-state index in [4.69, 9.17) is 5.11 Å². The Hall–Kier alpha value is -1.06. The van der Waals surface area contributed by atoms with Crippen LogP contribution in [0.4, 0.5) is 0 Å². The molecular weight excluding hydrogens is 230 g/mol. The van der Waals surface area contributed by atoms with Crippen LogP contribution in [-0.4, -0.2) is 23.0 Å². The van der Waals surface area contributed by atoms with Crippen LogP contribution < -0.4 is 5.32 Å². The molecule has 0 rings (SSSR count). The van der Waals surface area contributed by atoms with Gasteiger partial charge in [-0.15, -0.1) is 0 Å². The number of carbonyl (C=O) groups excluding carboxylic acids is 1. The molecular formula is C14H27NO3. The number of amides is 1. The van der Waals surface area contributed by atoms with Crippen LogP contribution in [0.1, 0.15) is 71.6 Å². The fourth-order valence-electron chi connectivity index (χ4n) is 1.85. The predicted molar refractivity (Wildman–Crippen MR) is 72.5 cm³/mol. The maximum absolute atomic E-state index is 11.5. The van der Waals surface area contributed by atoms with Crippen molar-refractivity contribution in [3.05, 3.63) is 0 Å².